The summed E-state index contributed by atoms with van der Waals surface area (Å²) in [7, 11) is -3.13. The van der Waals surface area contributed by atoms with Crippen LogP contribution in [-0.4, -0.2) is 24.7 Å². The first kappa shape index (κ1) is 15.3. The van der Waals surface area contributed by atoms with Crippen LogP contribution in [0.5, 0.6) is 0 Å². The van der Waals surface area contributed by atoms with Crippen LogP contribution in [0.1, 0.15) is 20.8 Å². The summed E-state index contributed by atoms with van der Waals surface area (Å²) in [5.41, 5.74) is 5.86. The molecule has 1 rings (SSSR count). The van der Waals surface area contributed by atoms with Gasteiger partial charge in [0, 0.05) is 16.3 Å². The van der Waals surface area contributed by atoms with Gasteiger partial charge in [-0.1, -0.05) is 0 Å². The highest BCUT2D eigenvalue weighted by molar-refractivity contribution is 8.01. The Labute approximate surface area is 112 Å². The second-order valence-corrected chi connectivity index (χ2v) is 9.03. The van der Waals surface area contributed by atoms with Gasteiger partial charge in [-0.15, -0.1) is 11.8 Å². The molecule has 0 spiro atoms. The van der Waals surface area contributed by atoms with Crippen molar-refractivity contribution in [1.82, 2.24) is 0 Å². The summed E-state index contributed by atoms with van der Waals surface area (Å²) in [6, 6.07) is 4.22. The molecule has 0 saturated heterocycles. The van der Waals surface area contributed by atoms with Crippen molar-refractivity contribution in [2.24, 2.45) is 0 Å². The van der Waals surface area contributed by atoms with Crippen LogP contribution >= 0.6 is 11.8 Å². The first-order valence-electron chi connectivity index (χ1n) is 5.53. The molecule has 0 radical (unpaired) electrons. The molecule has 2 N–H and O–H groups in total. The molecule has 1 aromatic carbocycles. The van der Waals surface area contributed by atoms with Crippen LogP contribution in [0.3, 0.4) is 0 Å². The molecule has 0 fully saturated rings. The first-order chi connectivity index (χ1) is 8.12. The highest BCUT2D eigenvalue weighted by atomic mass is 32.2. The number of thioether (sulfide) groups is 1. The van der Waals surface area contributed by atoms with E-state index >= 15 is 0 Å². The van der Waals surface area contributed by atoms with Gasteiger partial charge in [-0.2, -0.15) is 0 Å². The van der Waals surface area contributed by atoms with Crippen LogP contribution in [0, 0.1) is 5.82 Å². The molecule has 0 heterocycles. The minimum Gasteiger partial charge on any atom is -0.399 e. The lowest BCUT2D eigenvalue weighted by Crippen LogP contribution is -2.31. The highest BCUT2D eigenvalue weighted by Gasteiger charge is 2.28. The topological polar surface area (TPSA) is 60.2 Å². The summed E-state index contributed by atoms with van der Waals surface area (Å²) >= 11 is 1.29. The molecule has 0 aromatic heterocycles. The van der Waals surface area contributed by atoms with Crippen LogP contribution in [0.15, 0.2) is 23.1 Å². The molecule has 0 aliphatic carbocycles. The van der Waals surface area contributed by atoms with Crippen LogP contribution in [0.25, 0.3) is 0 Å². The molecule has 18 heavy (non-hydrogen) atoms. The fourth-order valence-corrected chi connectivity index (χ4v) is 3.72. The quantitative estimate of drug-likeness (QED) is 0.684. The number of nitrogen functional groups attached to an aromatic ring is 1. The zero-order valence-corrected chi connectivity index (χ0v) is 12.4. The second kappa shape index (κ2) is 5.48. The van der Waals surface area contributed by atoms with Gasteiger partial charge in [0.2, 0.25) is 0 Å². The SMILES string of the molecule is CC(C)(C)S(=O)(=O)CCSc1cc(N)cc(F)c1. The van der Waals surface area contributed by atoms with Gasteiger partial charge in [-0.25, -0.2) is 12.8 Å². The van der Waals surface area contributed by atoms with E-state index in [1.165, 1.54) is 23.9 Å². The number of rotatable bonds is 4. The minimum atomic E-state index is -3.13. The molecule has 0 aliphatic heterocycles. The van der Waals surface area contributed by atoms with Crippen molar-refractivity contribution in [3.05, 3.63) is 24.0 Å². The predicted molar refractivity (Wildman–Crippen MR) is 75.1 cm³/mol. The third kappa shape index (κ3) is 4.17. The summed E-state index contributed by atoms with van der Waals surface area (Å²) in [6.07, 6.45) is 0. The molecule has 6 heteroatoms. The number of hydrogen-bond acceptors (Lipinski definition) is 4. The van der Waals surface area contributed by atoms with Crippen molar-refractivity contribution in [1.29, 1.82) is 0 Å². The molecule has 3 nitrogen and oxygen atoms in total. The van der Waals surface area contributed by atoms with Crippen LogP contribution in [0.4, 0.5) is 10.1 Å². The van der Waals surface area contributed by atoms with Gasteiger partial charge in [-0.3, -0.25) is 0 Å². The van der Waals surface area contributed by atoms with Crippen molar-refractivity contribution in [3.63, 3.8) is 0 Å². The number of anilines is 1. The third-order valence-corrected chi connectivity index (χ3v) is 6.29. The summed E-state index contributed by atoms with van der Waals surface area (Å²) in [5, 5.41) is 0. The van der Waals surface area contributed by atoms with Crippen molar-refractivity contribution in [2.45, 2.75) is 30.4 Å². The lowest BCUT2D eigenvalue weighted by Gasteiger charge is -2.18. The van der Waals surface area contributed by atoms with E-state index in [1.807, 2.05) is 0 Å². The van der Waals surface area contributed by atoms with E-state index in [0.717, 1.165) is 0 Å². The summed E-state index contributed by atoms with van der Waals surface area (Å²) in [4.78, 5) is 0.650. The number of halogens is 1. The maximum Gasteiger partial charge on any atom is 0.156 e. The van der Waals surface area contributed by atoms with Crippen molar-refractivity contribution >= 4 is 27.3 Å². The van der Waals surface area contributed by atoms with E-state index in [9.17, 15) is 12.8 Å². The lowest BCUT2D eigenvalue weighted by atomic mass is 10.3. The maximum atomic E-state index is 13.1. The zero-order valence-electron chi connectivity index (χ0n) is 10.7. The summed E-state index contributed by atoms with van der Waals surface area (Å²) < 4.78 is 36.0. The Balaban J connectivity index is 2.63. The number of hydrogen-bond donors (Lipinski definition) is 1. The average Bonchev–Trinajstić information content (AvgIpc) is 2.13. The van der Waals surface area contributed by atoms with Gasteiger partial charge in [0.15, 0.2) is 9.84 Å². The first-order valence-corrected chi connectivity index (χ1v) is 8.17. The smallest absolute Gasteiger partial charge is 0.156 e. The van der Waals surface area contributed by atoms with Crippen molar-refractivity contribution in [2.75, 3.05) is 17.2 Å². The summed E-state index contributed by atoms with van der Waals surface area (Å²) in [5.74, 6) is 0.0521. The van der Waals surface area contributed by atoms with Gasteiger partial charge < -0.3 is 5.73 Å². The molecule has 0 unspecified atom stereocenters. The Morgan fingerprint density at radius 1 is 1.28 bits per heavy atom. The Morgan fingerprint density at radius 2 is 1.89 bits per heavy atom. The molecule has 102 valence electrons. The highest BCUT2D eigenvalue weighted by Crippen LogP contribution is 2.24. The third-order valence-electron chi connectivity index (χ3n) is 2.45. The minimum absolute atomic E-state index is 0.0670. The Hall–Kier alpha value is -0.750. The molecule has 0 atom stereocenters. The Morgan fingerprint density at radius 3 is 2.39 bits per heavy atom. The van der Waals surface area contributed by atoms with E-state index in [-0.39, 0.29) is 5.75 Å². The van der Waals surface area contributed by atoms with Crippen LogP contribution in [0.2, 0.25) is 0 Å². The van der Waals surface area contributed by atoms with Crippen molar-refractivity contribution < 1.29 is 12.8 Å². The fraction of sp³-hybridized carbons (Fsp3) is 0.500. The molecule has 1 aromatic rings. The Bertz CT molecular complexity index is 501. The lowest BCUT2D eigenvalue weighted by molar-refractivity contribution is 0.562. The molecule has 0 amide bonds. The van der Waals surface area contributed by atoms with Gasteiger partial charge in [0.05, 0.1) is 10.5 Å². The van der Waals surface area contributed by atoms with Gasteiger partial charge >= 0.3 is 0 Å². The number of sulfone groups is 1. The van der Waals surface area contributed by atoms with Crippen LogP contribution in [-0.2, 0) is 9.84 Å². The fourth-order valence-electron chi connectivity index (χ4n) is 1.24. The van der Waals surface area contributed by atoms with Gasteiger partial charge in [-0.05, 0) is 39.0 Å². The normalized spacial score (nSPS) is 12.7. The standard InChI is InChI=1S/C12H18FNO2S2/c1-12(2,3)18(15,16)5-4-17-11-7-9(13)6-10(14)8-11/h6-8H,4-5,14H2,1-3H3. The zero-order chi connectivity index (χ0) is 14.0. The number of benzene rings is 1. The average molecular weight is 291 g/mol. The molecular formula is C12H18FNO2S2. The largest absolute Gasteiger partial charge is 0.399 e. The molecule has 0 aliphatic rings. The number of nitrogens with two attached hydrogens (primary N) is 1. The molecular weight excluding hydrogens is 273 g/mol. The van der Waals surface area contributed by atoms with E-state index in [4.69, 9.17) is 5.73 Å². The van der Waals surface area contributed by atoms with Gasteiger partial charge in [0.25, 0.3) is 0 Å². The van der Waals surface area contributed by atoms with E-state index < -0.39 is 20.4 Å². The molecule has 0 saturated carbocycles. The summed E-state index contributed by atoms with van der Waals surface area (Å²) in [6.45, 7) is 5.02. The van der Waals surface area contributed by atoms with E-state index in [0.29, 0.717) is 16.3 Å². The van der Waals surface area contributed by atoms with Crippen LogP contribution < -0.4 is 5.73 Å². The van der Waals surface area contributed by atoms with E-state index in [2.05, 4.69) is 0 Å². The van der Waals surface area contributed by atoms with Gasteiger partial charge in [0.1, 0.15) is 5.82 Å². The predicted octanol–water partition coefficient (Wildman–Crippen LogP) is 2.71. The van der Waals surface area contributed by atoms with E-state index in [1.54, 1.807) is 26.8 Å². The second-order valence-electron chi connectivity index (χ2n) is 5.00. The van der Waals surface area contributed by atoms with Crippen molar-refractivity contribution in [3.8, 4) is 0 Å². The monoisotopic (exact) mass is 291 g/mol. The molecule has 0 bridgehead atoms. The Kier molecular flexibility index (Phi) is 4.66. The maximum absolute atomic E-state index is 13.1.